The van der Waals surface area contributed by atoms with Crippen molar-refractivity contribution < 1.29 is 44.2 Å². The standard InChI is InChI=1S/C14H26N2O9/c1-4-6(15)8(18)10(5(3-17)23-4)24-14-7(16)9(19)11(22-2)12(25-14)13(20)21/h4-12,14,17-19H,3,15-16H2,1-2H3,(H,20,21)/t4-,5-,6?,7?,8?,9+,10+,11-,12?,14+/m0/s1. The van der Waals surface area contributed by atoms with E-state index < -0.39 is 73.7 Å². The summed E-state index contributed by atoms with van der Waals surface area (Å²) < 4.78 is 21.3. The largest absolute Gasteiger partial charge is 0.479 e. The molecule has 0 aliphatic carbocycles. The molecule has 8 N–H and O–H groups in total. The number of aliphatic hydroxyl groups is 3. The molecule has 146 valence electrons. The normalized spacial score (nSPS) is 48.3. The lowest BCUT2D eigenvalue weighted by atomic mass is 9.93. The zero-order valence-electron chi connectivity index (χ0n) is 14.0. The molecule has 25 heavy (non-hydrogen) atoms. The van der Waals surface area contributed by atoms with E-state index in [0.29, 0.717) is 0 Å². The first kappa shape index (κ1) is 20.4. The Morgan fingerprint density at radius 1 is 1.12 bits per heavy atom. The van der Waals surface area contributed by atoms with Crippen LogP contribution in [-0.2, 0) is 23.7 Å². The maximum absolute atomic E-state index is 11.3. The number of aliphatic carboxylic acids is 1. The Morgan fingerprint density at radius 3 is 2.24 bits per heavy atom. The van der Waals surface area contributed by atoms with Crippen LogP contribution in [-0.4, -0.2) is 101 Å². The van der Waals surface area contributed by atoms with Crippen molar-refractivity contribution in [1.29, 1.82) is 0 Å². The van der Waals surface area contributed by atoms with Gasteiger partial charge in [0.2, 0.25) is 0 Å². The predicted molar refractivity (Wildman–Crippen MR) is 81.4 cm³/mol. The molecule has 0 bridgehead atoms. The second-order valence-electron chi connectivity index (χ2n) is 6.26. The molecule has 2 rings (SSSR count). The second kappa shape index (κ2) is 8.20. The number of carboxylic acid groups (broad SMARTS) is 1. The van der Waals surface area contributed by atoms with Crippen molar-refractivity contribution in [2.24, 2.45) is 11.5 Å². The molecule has 2 heterocycles. The molecule has 11 heteroatoms. The van der Waals surface area contributed by atoms with Gasteiger partial charge in [0.25, 0.3) is 0 Å². The fraction of sp³-hybridized carbons (Fsp3) is 0.929. The lowest BCUT2D eigenvalue weighted by Gasteiger charge is -2.46. The lowest BCUT2D eigenvalue weighted by Crippen LogP contribution is -2.67. The summed E-state index contributed by atoms with van der Waals surface area (Å²) in [5, 5.41) is 39.2. The molecule has 0 aromatic heterocycles. The van der Waals surface area contributed by atoms with Gasteiger partial charge in [-0.3, -0.25) is 0 Å². The summed E-state index contributed by atoms with van der Waals surface area (Å²) in [6.07, 6.45) is -9.23. The minimum absolute atomic E-state index is 0.466. The van der Waals surface area contributed by atoms with Crippen LogP contribution in [0.25, 0.3) is 0 Å². The van der Waals surface area contributed by atoms with Crippen molar-refractivity contribution >= 4 is 5.97 Å². The van der Waals surface area contributed by atoms with Crippen molar-refractivity contribution in [1.82, 2.24) is 0 Å². The first-order valence-corrected chi connectivity index (χ1v) is 7.93. The van der Waals surface area contributed by atoms with E-state index in [1.165, 1.54) is 7.11 Å². The van der Waals surface area contributed by atoms with E-state index >= 15 is 0 Å². The summed E-state index contributed by atoms with van der Waals surface area (Å²) >= 11 is 0. The number of hydrogen-bond donors (Lipinski definition) is 6. The molecule has 0 spiro atoms. The van der Waals surface area contributed by atoms with Gasteiger partial charge in [0.1, 0.15) is 30.5 Å². The number of methoxy groups -OCH3 is 1. The van der Waals surface area contributed by atoms with Crippen LogP contribution in [0.2, 0.25) is 0 Å². The number of aliphatic hydroxyl groups excluding tert-OH is 3. The van der Waals surface area contributed by atoms with Crippen molar-refractivity contribution in [3.8, 4) is 0 Å². The van der Waals surface area contributed by atoms with Gasteiger partial charge in [0, 0.05) is 7.11 Å². The van der Waals surface area contributed by atoms with Gasteiger partial charge >= 0.3 is 5.97 Å². The SMILES string of the molecule is CO[C@@H]1C(C(=O)O)O[C@@H](O[C@H]2C(O)C(N)[C@H](C)O[C@H]2CO)C(N)[C@H]1O. The van der Waals surface area contributed by atoms with Gasteiger partial charge in [0.05, 0.1) is 24.8 Å². The topological polar surface area (TPSA) is 187 Å². The van der Waals surface area contributed by atoms with E-state index in [0.717, 1.165) is 0 Å². The van der Waals surface area contributed by atoms with E-state index in [4.69, 9.17) is 30.4 Å². The van der Waals surface area contributed by atoms with Crippen LogP contribution in [0.15, 0.2) is 0 Å². The number of nitrogens with two attached hydrogens (primary N) is 2. The Balaban J connectivity index is 2.18. The van der Waals surface area contributed by atoms with E-state index in [1.54, 1.807) is 6.92 Å². The fourth-order valence-corrected chi connectivity index (χ4v) is 3.09. The summed E-state index contributed by atoms with van der Waals surface area (Å²) in [6, 6.07) is -1.94. The van der Waals surface area contributed by atoms with Gasteiger partial charge in [-0.1, -0.05) is 0 Å². The van der Waals surface area contributed by atoms with E-state index in [2.05, 4.69) is 0 Å². The first-order chi connectivity index (χ1) is 11.7. The highest BCUT2D eigenvalue weighted by Crippen LogP contribution is 2.28. The molecule has 0 aromatic rings. The van der Waals surface area contributed by atoms with Crippen molar-refractivity contribution in [2.75, 3.05) is 13.7 Å². The molecule has 0 aromatic carbocycles. The van der Waals surface area contributed by atoms with Gasteiger partial charge in [0.15, 0.2) is 12.4 Å². The maximum Gasteiger partial charge on any atom is 0.335 e. The van der Waals surface area contributed by atoms with Crippen molar-refractivity contribution in [3.05, 3.63) is 0 Å². The van der Waals surface area contributed by atoms with Crippen LogP contribution in [0.3, 0.4) is 0 Å². The van der Waals surface area contributed by atoms with Crippen LogP contribution in [0.5, 0.6) is 0 Å². The Hall–Kier alpha value is -0.890. The summed E-state index contributed by atoms with van der Waals surface area (Å²) in [5.74, 6) is -1.36. The highest BCUT2D eigenvalue weighted by atomic mass is 16.7. The van der Waals surface area contributed by atoms with Crippen LogP contribution in [0, 0.1) is 0 Å². The maximum atomic E-state index is 11.3. The third-order valence-electron chi connectivity index (χ3n) is 4.64. The van der Waals surface area contributed by atoms with E-state index in [-0.39, 0.29) is 0 Å². The smallest absolute Gasteiger partial charge is 0.335 e. The summed E-state index contributed by atoms with van der Waals surface area (Å²) in [6.45, 7) is 1.18. The quantitative estimate of drug-likeness (QED) is 0.281. The Labute approximate surface area is 144 Å². The van der Waals surface area contributed by atoms with Crippen LogP contribution < -0.4 is 11.5 Å². The Bertz CT molecular complexity index is 466. The van der Waals surface area contributed by atoms with Gasteiger partial charge in [-0.2, -0.15) is 0 Å². The number of ether oxygens (including phenoxy) is 4. The third-order valence-corrected chi connectivity index (χ3v) is 4.64. The monoisotopic (exact) mass is 366 g/mol. The first-order valence-electron chi connectivity index (χ1n) is 7.93. The number of rotatable bonds is 5. The molecule has 0 radical (unpaired) electrons. The van der Waals surface area contributed by atoms with E-state index in [9.17, 15) is 25.2 Å². The third kappa shape index (κ3) is 3.94. The molecule has 2 saturated heterocycles. The average Bonchev–Trinajstić information content (AvgIpc) is 2.58. The minimum Gasteiger partial charge on any atom is -0.479 e. The summed E-state index contributed by atoms with van der Waals surface area (Å²) in [7, 11) is 1.22. The van der Waals surface area contributed by atoms with Crippen LogP contribution in [0.1, 0.15) is 6.92 Å². The molecule has 10 atom stereocenters. The number of carboxylic acids is 1. The highest BCUT2D eigenvalue weighted by molar-refractivity contribution is 5.73. The lowest BCUT2D eigenvalue weighted by molar-refractivity contribution is -0.306. The molecule has 11 nitrogen and oxygen atoms in total. The molecule has 4 unspecified atom stereocenters. The Morgan fingerprint density at radius 2 is 1.72 bits per heavy atom. The number of carbonyl (C=O) groups is 1. The molecular formula is C14H26N2O9. The molecule has 2 aliphatic rings. The van der Waals surface area contributed by atoms with Gasteiger partial charge in [-0.25, -0.2) is 4.79 Å². The van der Waals surface area contributed by atoms with E-state index in [1.807, 2.05) is 0 Å². The van der Waals surface area contributed by atoms with Crippen molar-refractivity contribution in [3.63, 3.8) is 0 Å². The molecule has 2 aliphatic heterocycles. The molecule has 0 saturated carbocycles. The molecule has 0 amide bonds. The minimum atomic E-state index is -1.52. The van der Waals surface area contributed by atoms with Crippen LogP contribution >= 0.6 is 0 Å². The highest BCUT2D eigenvalue weighted by Gasteiger charge is 2.51. The fourth-order valence-electron chi connectivity index (χ4n) is 3.09. The van der Waals surface area contributed by atoms with Crippen LogP contribution in [0.4, 0.5) is 0 Å². The average molecular weight is 366 g/mol. The molecule has 2 fully saturated rings. The zero-order valence-corrected chi connectivity index (χ0v) is 14.0. The predicted octanol–water partition coefficient (Wildman–Crippen LogP) is -3.65. The zero-order chi connectivity index (χ0) is 18.9. The van der Waals surface area contributed by atoms with Gasteiger partial charge < -0.3 is 50.8 Å². The molecular weight excluding hydrogens is 340 g/mol. The Kier molecular flexibility index (Phi) is 6.70. The van der Waals surface area contributed by atoms with Gasteiger partial charge in [-0.15, -0.1) is 0 Å². The summed E-state index contributed by atoms with van der Waals surface area (Å²) in [4.78, 5) is 11.3. The second-order valence-corrected chi connectivity index (χ2v) is 6.26. The van der Waals surface area contributed by atoms with Crippen molar-refractivity contribution in [2.45, 2.75) is 68.0 Å². The van der Waals surface area contributed by atoms with Gasteiger partial charge in [-0.05, 0) is 6.92 Å². The summed E-state index contributed by atoms with van der Waals surface area (Å²) in [5.41, 5.74) is 11.7. The number of hydrogen-bond acceptors (Lipinski definition) is 10.